The number of thioether (sulfide) groups is 1. The molecule has 2 heterocycles. The third-order valence-electron chi connectivity index (χ3n) is 3.06. The zero-order valence-electron chi connectivity index (χ0n) is 8.67. The first-order valence-electron chi connectivity index (χ1n) is 5.56. The summed E-state index contributed by atoms with van der Waals surface area (Å²) in [6.07, 6.45) is 5.07. The summed E-state index contributed by atoms with van der Waals surface area (Å²) in [7, 11) is 0. The van der Waals surface area contributed by atoms with Crippen molar-refractivity contribution in [3.05, 3.63) is 0 Å². The predicted octanol–water partition coefficient (Wildman–Crippen LogP) is 2.11. The predicted molar refractivity (Wildman–Crippen MR) is 67.8 cm³/mol. The average molecular weight is 293 g/mol. The lowest BCUT2D eigenvalue weighted by atomic mass is 10.0. The maximum Gasteiger partial charge on any atom is 0.315 e. The molecule has 2 aliphatic rings. The number of nitrogens with one attached hydrogen (secondary N) is 2. The standard InChI is InChI=1S/C10H17BrN2OS/c11-5-3-1-2-4-8-9-7(6-15-8)12-10(14)13-9/h7-9H,1-6H2,(H2,12,13,14)/t7-,8-,9-/m0/s1. The van der Waals surface area contributed by atoms with E-state index in [0.717, 1.165) is 11.1 Å². The Labute approximate surface area is 103 Å². The van der Waals surface area contributed by atoms with E-state index in [4.69, 9.17) is 0 Å². The lowest BCUT2D eigenvalue weighted by molar-refractivity contribution is 0.247. The molecule has 3 atom stereocenters. The van der Waals surface area contributed by atoms with Crippen molar-refractivity contribution in [2.24, 2.45) is 0 Å². The Morgan fingerprint density at radius 2 is 2.20 bits per heavy atom. The largest absolute Gasteiger partial charge is 0.332 e. The molecule has 0 radical (unpaired) electrons. The van der Waals surface area contributed by atoms with Gasteiger partial charge in [-0.15, -0.1) is 0 Å². The summed E-state index contributed by atoms with van der Waals surface area (Å²) in [6, 6.07) is 0.783. The minimum Gasteiger partial charge on any atom is -0.332 e. The summed E-state index contributed by atoms with van der Waals surface area (Å²) in [5.74, 6) is 1.08. The molecule has 2 aliphatic heterocycles. The Hall–Kier alpha value is 0.1000. The summed E-state index contributed by atoms with van der Waals surface area (Å²) in [4.78, 5) is 11.1. The smallest absolute Gasteiger partial charge is 0.315 e. The molecule has 15 heavy (non-hydrogen) atoms. The van der Waals surface area contributed by atoms with Crippen molar-refractivity contribution < 1.29 is 4.79 Å². The van der Waals surface area contributed by atoms with Crippen LogP contribution in [0.5, 0.6) is 0 Å². The normalized spacial score (nSPS) is 33.7. The lowest BCUT2D eigenvalue weighted by Gasteiger charge is -2.16. The number of carbonyl (C=O) groups excluding carboxylic acids is 1. The number of rotatable bonds is 5. The molecule has 0 aromatic rings. The van der Waals surface area contributed by atoms with Crippen LogP contribution < -0.4 is 10.6 Å². The van der Waals surface area contributed by atoms with E-state index >= 15 is 0 Å². The summed E-state index contributed by atoms with van der Waals surface area (Å²) >= 11 is 5.45. The SMILES string of the molecule is O=C1N[C@H]2[C@H](CS[C@H]2CCCCCBr)N1. The van der Waals surface area contributed by atoms with Crippen LogP contribution in [0.4, 0.5) is 4.79 Å². The van der Waals surface area contributed by atoms with Gasteiger partial charge >= 0.3 is 6.03 Å². The van der Waals surface area contributed by atoms with Crippen molar-refractivity contribution in [2.45, 2.75) is 43.0 Å². The van der Waals surface area contributed by atoms with Gasteiger partial charge in [-0.25, -0.2) is 4.79 Å². The van der Waals surface area contributed by atoms with Gasteiger partial charge in [0.1, 0.15) is 0 Å². The molecule has 0 unspecified atom stereocenters. The fourth-order valence-corrected chi connectivity index (χ4v) is 4.20. The van der Waals surface area contributed by atoms with E-state index in [1.165, 1.54) is 25.7 Å². The number of carbonyl (C=O) groups is 1. The van der Waals surface area contributed by atoms with E-state index < -0.39 is 0 Å². The minimum absolute atomic E-state index is 0.0239. The molecule has 0 bridgehead atoms. The molecule has 2 fully saturated rings. The van der Waals surface area contributed by atoms with Crippen LogP contribution in [0.3, 0.4) is 0 Å². The van der Waals surface area contributed by atoms with Crippen molar-refractivity contribution in [1.29, 1.82) is 0 Å². The van der Waals surface area contributed by atoms with Crippen molar-refractivity contribution in [1.82, 2.24) is 10.6 Å². The van der Waals surface area contributed by atoms with Gasteiger partial charge in [0.2, 0.25) is 0 Å². The van der Waals surface area contributed by atoms with E-state index in [0.29, 0.717) is 17.3 Å². The fourth-order valence-electron chi connectivity index (χ4n) is 2.26. The topological polar surface area (TPSA) is 41.1 Å². The molecule has 2 rings (SSSR count). The van der Waals surface area contributed by atoms with Gasteiger partial charge in [-0.05, 0) is 12.8 Å². The Kier molecular flexibility index (Phi) is 4.20. The quantitative estimate of drug-likeness (QED) is 0.463. The second kappa shape index (κ2) is 5.43. The van der Waals surface area contributed by atoms with Crippen LogP contribution >= 0.6 is 27.7 Å². The highest BCUT2D eigenvalue weighted by Gasteiger charge is 2.42. The molecule has 0 aliphatic carbocycles. The van der Waals surface area contributed by atoms with E-state index in [1.54, 1.807) is 0 Å². The number of unbranched alkanes of at least 4 members (excludes halogenated alkanes) is 2. The first-order valence-corrected chi connectivity index (χ1v) is 7.73. The van der Waals surface area contributed by atoms with E-state index in [9.17, 15) is 4.79 Å². The second-order valence-corrected chi connectivity index (χ2v) is 6.23. The van der Waals surface area contributed by atoms with Gasteiger partial charge in [-0.2, -0.15) is 11.8 Å². The molecule has 0 aromatic heterocycles. The Morgan fingerprint density at radius 1 is 1.33 bits per heavy atom. The zero-order chi connectivity index (χ0) is 10.7. The monoisotopic (exact) mass is 292 g/mol. The Morgan fingerprint density at radius 3 is 3.00 bits per heavy atom. The number of hydrogen-bond acceptors (Lipinski definition) is 2. The molecule has 0 aromatic carbocycles. The van der Waals surface area contributed by atoms with Crippen LogP contribution in [0.15, 0.2) is 0 Å². The highest BCUT2D eigenvalue weighted by Crippen LogP contribution is 2.33. The second-order valence-electron chi connectivity index (χ2n) is 4.16. The van der Waals surface area contributed by atoms with Gasteiger partial charge in [-0.1, -0.05) is 28.8 Å². The number of hydrogen-bond donors (Lipinski definition) is 2. The van der Waals surface area contributed by atoms with Gasteiger partial charge < -0.3 is 10.6 Å². The highest BCUT2D eigenvalue weighted by molar-refractivity contribution is 9.09. The summed E-state index contributed by atoms with van der Waals surface area (Å²) in [5.41, 5.74) is 0. The van der Waals surface area contributed by atoms with E-state index in [1.807, 2.05) is 11.8 Å². The van der Waals surface area contributed by atoms with Gasteiger partial charge in [-0.3, -0.25) is 0 Å². The van der Waals surface area contributed by atoms with Crippen molar-refractivity contribution in [3.63, 3.8) is 0 Å². The van der Waals surface area contributed by atoms with Gasteiger partial charge in [0.25, 0.3) is 0 Å². The number of alkyl halides is 1. The van der Waals surface area contributed by atoms with Crippen LogP contribution in [0, 0.1) is 0 Å². The van der Waals surface area contributed by atoms with Crippen LogP contribution in [-0.2, 0) is 0 Å². The Bertz CT molecular complexity index is 239. The summed E-state index contributed by atoms with van der Waals surface area (Å²) in [6.45, 7) is 0. The third-order valence-corrected chi connectivity index (χ3v) is 5.13. The maximum atomic E-state index is 11.1. The number of halogens is 1. The average Bonchev–Trinajstić information content (AvgIpc) is 2.73. The molecule has 3 nitrogen and oxygen atoms in total. The van der Waals surface area contributed by atoms with Crippen LogP contribution in [0.1, 0.15) is 25.7 Å². The van der Waals surface area contributed by atoms with Crippen molar-refractivity contribution in [2.75, 3.05) is 11.1 Å². The van der Waals surface area contributed by atoms with Crippen LogP contribution in [0.2, 0.25) is 0 Å². The van der Waals surface area contributed by atoms with Crippen molar-refractivity contribution >= 4 is 33.7 Å². The molecule has 0 saturated carbocycles. The molecule has 2 amide bonds. The zero-order valence-corrected chi connectivity index (χ0v) is 11.1. The molecule has 0 spiro atoms. The van der Waals surface area contributed by atoms with Gasteiger partial charge in [0.15, 0.2) is 0 Å². The van der Waals surface area contributed by atoms with E-state index in [2.05, 4.69) is 26.6 Å². The molecular formula is C10H17BrN2OS. The third kappa shape index (κ3) is 2.81. The number of fused-ring (bicyclic) bond motifs is 1. The minimum atomic E-state index is 0.0239. The first kappa shape index (κ1) is 11.6. The van der Waals surface area contributed by atoms with Gasteiger partial charge in [0, 0.05) is 16.3 Å². The van der Waals surface area contributed by atoms with Crippen LogP contribution in [-0.4, -0.2) is 34.4 Å². The molecule has 86 valence electrons. The lowest BCUT2D eigenvalue weighted by Crippen LogP contribution is -2.36. The van der Waals surface area contributed by atoms with Gasteiger partial charge in [0.05, 0.1) is 12.1 Å². The fraction of sp³-hybridized carbons (Fsp3) is 0.900. The molecule has 5 heteroatoms. The summed E-state index contributed by atoms with van der Waals surface area (Å²) in [5, 5.41) is 7.73. The number of amides is 2. The Balaban J connectivity index is 1.72. The maximum absolute atomic E-state index is 11.1. The number of urea groups is 1. The van der Waals surface area contributed by atoms with Crippen molar-refractivity contribution in [3.8, 4) is 0 Å². The molecule has 2 N–H and O–H groups in total. The highest BCUT2D eigenvalue weighted by atomic mass is 79.9. The summed E-state index contributed by atoms with van der Waals surface area (Å²) < 4.78 is 0. The first-order chi connectivity index (χ1) is 7.31. The molecule has 2 saturated heterocycles. The van der Waals surface area contributed by atoms with E-state index in [-0.39, 0.29) is 6.03 Å². The molecular weight excluding hydrogens is 276 g/mol. The van der Waals surface area contributed by atoms with Crippen LogP contribution in [0.25, 0.3) is 0 Å².